The van der Waals surface area contributed by atoms with Crippen molar-refractivity contribution < 1.29 is 9.47 Å². The van der Waals surface area contributed by atoms with Crippen molar-refractivity contribution in [3.63, 3.8) is 0 Å². The Labute approximate surface area is 147 Å². The van der Waals surface area contributed by atoms with Crippen LogP contribution >= 0.6 is 11.3 Å². The number of nitrogens with one attached hydrogen (secondary N) is 2. The molecule has 0 saturated carbocycles. The summed E-state index contributed by atoms with van der Waals surface area (Å²) in [6, 6.07) is 10.0. The molecule has 1 aromatic heterocycles. The van der Waals surface area contributed by atoms with Gasteiger partial charge in [0.1, 0.15) is 11.5 Å². The normalized spacial score (nSPS) is 11.2. The van der Waals surface area contributed by atoms with Crippen molar-refractivity contribution in [2.75, 3.05) is 20.8 Å². The third-order valence-electron chi connectivity index (χ3n) is 3.47. The van der Waals surface area contributed by atoms with Gasteiger partial charge >= 0.3 is 0 Å². The molecule has 2 N–H and O–H groups in total. The highest BCUT2D eigenvalue weighted by Crippen LogP contribution is 2.25. The van der Waals surface area contributed by atoms with E-state index < -0.39 is 0 Å². The SMILES string of the molecule is CCNC(=NCc1ccc(OC)cc1OC)NCc1ccc(C)s1. The highest BCUT2D eigenvalue weighted by molar-refractivity contribution is 7.11. The third-order valence-corrected chi connectivity index (χ3v) is 4.47. The summed E-state index contributed by atoms with van der Waals surface area (Å²) in [5.74, 6) is 2.35. The molecule has 1 heterocycles. The number of hydrogen-bond acceptors (Lipinski definition) is 4. The second-order valence-electron chi connectivity index (χ2n) is 5.24. The summed E-state index contributed by atoms with van der Waals surface area (Å²) in [5.41, 5.74) is 1.02. The lowest BCUT2D eigenvalue weighted by Gasteiger charge is -2.12. The van der Waals surface area contributed by atoms with Gasteiger partial charge in [0.05, 0.1) is 27.3 Å². The lowest BCUT2D eigenvalue weighted by molar-refractivity contribution is 0.391. The Hall–Kier alpha value is -2.21. The Bertz CT molecular complexity index is 683. The molecule has 0 bridgehead atoms. The third kappa shape index (κ3) is 5.16. The van der Waals surface area contributed by atoms with E-state index in [-0.39, 0.29) is 0 Å². The molecule has 0 amide bonds. The molecule has 2 rings (SSSR count). The van der Waals surface area contributed by atoms with E-state index >= 15 is 0 Å². The second-order valence-corrected chi connectivity index (χ2v) is 6.61. The number of methoxy groups -OCH3 is 2. The first-order valence-electron chi connectivity index (χ1n) is 7.94. The Kier molecular flexibility index (Phi) is 6.93. The average Bonchev–Trinajstić information content (AvgIpc) is 3.02. The van der Waals surface area contributed by atoms with E-state index in [9.17, 15) is 0 Å². The first-order valence-corrected chi connectivity index (χ1v) is 8.76. The number of guanidine groups is 1. The van der Waals surface area contributed by atoms with Crippen LogP contribution in [0.5, 0.6) is 11.5 Å². The van der Waals surface area contributed by atoms with Gasteiger partial charge in [0.25, 0.3) is 0 Å². The predicted molar refractivity (Wildman–Crippen MR) is 100 cm³/mol. The largest absolute Gasteiger partial charge is 0.497 e. The minimum absolute atomic E-state index is 0.534. The molecule has 0 aliphatic heterocycles. The lowest BCUT2D eigenvalue weighted by atomic mass is 10.2. The molecule has 1 aromatic carbocycles. The number of hydrogen-bond donors (Lipinski definition) is 2. The molecule has 0 fully saturated rings. The summed E-state index contributed by atoms with van der Waals surface area (Å²) < 4.78 is 10.6. The van der Waals surface area contributed by atoms with Gasteiger partial charge in [-0.15, -0.1) is 11.3 Å². The summed E-state index contributed by atoms with van der Waals surface area (Å²) in [5, 5.41) is 6.63. The van der Waals surface area contributed by atoms with E-state index in [2.05, 4.69) is 41.6 Å². The van der Waals surface area contributed by atoms with Gasteiger partial charge in [-0.1, -0.05) is 0 Å². The van der Waals surface area contributed by atoms with Gasteiger partial charge in [0.15, 0.2) is 5.96 Å². The van der Waals surface area contributed by atoms with Gasteiger partial charge in [-0.05, 0) is 38.1 Å². The fraction of sp³-hybridized carbons (Fsp3) is 0.389. The van der Waals surface area contributed by atoms with Crippen molar-refractivity contribution in [1.82, 2.24) is 10.6 Å². The fourth-order valence-electron chi connectivity index (χ4n) is 2.24. The Morgan fingerprint density at radius 3 is 2.58 bits per heavy atom. The quantitative estimate of drug-likeness (QED) is 0.596. The number of aryl methyl sites for hydroxylation is 1. The van der Waals surface area contributed by atoms with E-state index in [4.69, 9.17) is 9.47 Å². The van der Waals surface area contributed by atoms with Gasteiger partial charge in [-0.2, -0.15) is 0 Å². The van der Waals surface area contributed by atoms with Crippen molar-refractivity contribution in [2.24, 2.45) is 4.99 Å². The van der Waals surface area contributed by atoms with E-state index in [0.29, 0.717) is 6.54 Å². The number of benzene rings is 1. The smallest absolute Gasteiger partial charge is 0.191 e. The fourth-order valence-corrected chi connectivity index (χ4v) is 3.07. The molecule has 0 saturated heterocycles. The van der Waals surface area contributed by atoms with Crippen LogP contribution in [0.25, 0.3) is 0 Å². The van der Waals surface area contributed by atoms with Crippen LogP contribution in [0, 0.1) is 6.92 Å². The zero-order valence-electron chi connectivity index (χ0n) is 14.7. The number of nitrogens with zero attached hydrogens (tertiary/aromatic N) is 1. The maximum atomic E-state index is 5.42. The van der Waals surface area contributed by atoms with Crippen molar-refractivity contribution in [3.8, 4) is 11.5 Å². The molecule has 2 aromatic rings. The molecule has 130 valence electrons. The highest BCUT2D eigenvalue weighted by atomic mass is 32.1. The van der Waals surface area contributed by atoms with Crippen LogP contribution in [0.2, 0.25) is 0 Å². The minimum atomic E-state index is 0.534. The van der Waals surface area contributed by atoms with Crippen molar-refractivity contribution in [1.29, 1.82) is 0 Å². The first-order chi connectivity index (χ1) is 11.7. The summed E-state index contributed by atoms with van der Waals surface area (Å²) in [4.78, 5) is 7.26. The van der Waals surface area contributed by atoms with Crippen LogP contribution in [-0.2, 0) is 13.1 Å². The predicted octanol–water partition coefficient (Wildman–Crippen LogP) is 3.33. The molecular formula is C18H25N3O2S. The Morgan fingerprint density at radius 1 is 1.12 bits per heavy atom. The number of thiophene rings is 1. The molecule has 5 nitrogen and oxygen atoms in total. The van der Waals surface area contributed by atoms with Crippen LogP contribution in [0.4, 0.5) is 0 Å². The summed E-state index contributed by atoms with van der Waals surface area (Å²) >= 11 is 1.79. The molecule has 0 aliphatic rings. The summed E-state index contributed by atoms with van der Waals surface area (Å²) in [6.07, 6.45) is 0. The van der Waals surface area contributed by atoms with Crippen molar-refractivity contribution >= 4 is 17.3 Å². The zero-order chi connectivity index (χ0) is 17.4. The number of aliphatic imine (C=N–C) groups is 1. The maximum absolute atomic E-state index is 5.42. The van der Waals surface area contributed by atoms with Crippen LogP contribution < -0.4 is 20.1 Å². The molecule has 24 heavy (non-hydrogen) atoms. The molecule has 6 heteroatoms. The van der Waals surface area contributed by atoms with E-state index in [1.165, 1.54) is 9.75 Å². The number of ether oxygens (including phenoxy) is 2. The molecule has 0 aliphatic carbocycles. The Morgan fingerprint density at radius 2 is 1.96 bits per heavy atom. The van der Waals surface area contributed by atoms with Crippen LogP contribution in [-0.4, -0.2) is 26.7 Å². The molecule has 0 unspecified atom stereocenters. The van der Waals surface area contributed by atoms with Crippen molar-refractivity contribution in [2.45, 2.75) is 26.9 Å². The van der Waals surface area contributed by atoms with Gasteiger partial charge in [0, 0.05) is 27.9 Å². The molecule has 0 atom stereocenters. The van der Waals surface area contributed by atoms with E-state index in [1.54, 1.807) is 25.6 Å². The van der Waals surface area contributed by atoms with Crippen LogP contribution in [0.1, 0.15) is 22.2 Å². The zero-order valence-corrected chi connectivity index (χ0v) is 15.5. The molecule has 0 radical (unpaired) electrons. The van der Waals surface area contributed by atoms with Crippen molar-refractivity contribution in [3.05, 3.63) is 45.6 Å². The molecule has 0 spiro atoms. The summed E-state index contributed by atoms with van der Waals surface area (Å²) in [6.45, 7) is 6.29. The van der Waals surface area contributed by atoms with Crippen LogP contribution in [0.15, 0.2) is 35.3 Å². The van der Waals surface area contributed by atoms with Gasteiger partial charge in [0.2, 0.25) is 0 Å². The van der Waals surface area contributed by atoms with E-state index in [0.717, 1.165) is 36.1 Å². The topological polar surface area (TPSA) is 54.9 Å². The standard InChI is InChI=1S/C18H25N3O2S/c1-5-19-18(21-12-16-9-6-13(2)24-16)20-11-14-7-8-15(22-3)10-17(14)23-4/h6-10H,5,11-12H2,1-4H3,(H2,19,20,21). The monoisotopic (exact) mass is 347 g/mol. The lowest BCUT2D eigenvalue weighted by Crippen LogP contribution is -2.36. The highest BCUT2D eigenvalue weighted by Gasteiger charge is 2.06. The molecular weight excluding hydrogens is 322 g/mol. The second kappa shape index (κ2) is 9.17. The Balaban J connectivity index is 2.04. The van der Waals surface area contributed by atoms with Gasteiger partial charge in [-0.25, -0.2) is 4.99 Å². The summed E-state index contributed by atoms with van der Waals surface area (Å²) in [7, 11) is 3.30. The average molecular weight is 347 g/mol. The maximum Gasteiger partial charge on any atom is 0.191 e. The minimum Gasteiger partial charge on any atom is -0.497 e. The van der Waals surface area contributed by atoms with E-state index in [1.807, 2.05) is 18.2 Å². The number of rotatable bonds is 7. The van der Waals surface area contributed by atoms with Crippen LogP contribution in [0.3, 0.4) is 0 Å². The van der Waals surface area contributed by atoms with Gasteiger partial charge in [-0.3, -0.25) is 0 Å². The van der Waals surface area contributed by atoms with Gasteiger partial charge < -0.3 is 20.1 Å². The first kappa shape index (κ1) is 18.1.